The Morgan fingerprint density at radius 3 is 2.29 bits per heavy atom. The molecule has 1 N–H and O–H groups in total. The van der Waals surface area contributed by atoms with E-state index in [1.54, 1.807) is 0 Å². The van der Waals surface area contributed by atoms with Gasteiger partial charge in [-0.1, -0.05) is 61.9 Å². The molecule has 0 aliphatic heterocycles. The van der Waals surface area contributed by atoms with Gasteiger partial charge in [0.1, 0.15) is 0 Å². The van der Waals surface area contributed by atoms with E-state index >= 15 is 0 Å². The molecule has 0 aliphatic rings. The quantitative estimate of drug-likeness (QED) is 0.843. The third-order valence-corrected chi connectivity index (χ3v) is 4.43. The maximum absolute atomic E-state index is 12.6. The molecule has 3 nitrogen and oxygen atoms in total. The number of likely N-dealkylation sites (N-methyl/N-ethyl adjacent to an activating group) is 1. The average Bonchev–Trinajstić information content (AvgIpc) is 2.56. The molecular weight excluding hydrogens is 296 g/mol. The molecule has 3 heteroatoms. The van der Waals surface area contributed by atoms with Crippen LogP contribution in [-0.4, -0.2) is 23.9 Å². The molecule has 24 heavy (non-hydrogen) atoms. The van der Waals surface area contributed by atoms with Crippen LogP contribution in [0.15, 0.2) is 48.5 Å². The van der Waals surface area contributed by atoms with Crippen molar-refractivity contribution in [2.75, 3.05) is 12.4 Å². The van der Waals surface area contributed by atoms with Crippen molar-refractivity contribution in [2.45, 2.75) is 46.2 Å². The lowest BCUT2D eigenvalue weighted by atomic mass is 10.0. The number of nitrogens with one attached hydrogen (secondary N) is 1. The summed E-state index contributed by atoms with van der Waals surface area (Å²) < 4.78 is 0. The highest BCUT2D eigenvalue weighted by molar-refractivity contribution is 5.95. The molecule has 0 radical (unpaired) electrons. The lowest BCUT2D eigenvalue weighted by Crippen LogP contribution is -2.39. The lowest BCUT2D eigenvalue weighted by Gasteiger charge is -2.25. The van der Waals surface area contributed by atoms with Gasteiger partial charge in [0.15, 0.2) is 0 Å². The van der Waals surface area contributed by atoms with Crippen molar-refractivity contribution in [2.24, 2.45) is 0 Å². The summed E-state index contributed by atoms with van der Waals surface area (Å²) in [5.74, 6) is 0.403. The van der Waals surface area contributed by atoms with Gasteiger partial charge in [-0.15, -0.1) is 0 Å². The van der Waals surface area contributed by atoms with Crippen molar-refractivity contribution in [3.63, 3.8) is 0 Å². The van der Waals surface area contributed by atoms with Gasteiger partial charge in [-0.05, 0) is 44.0 Å². The monoisotopic (exact) mass is 324 g/mol. The number of rotatable bonds is 6. The van der Waals surface area contributed by atoms with Crippen LogP contribution in [0, 0.1) is 6.92 Å². The van der Waals surface area contributed by atoms with E-state index in [-0.39, 0.29) is 11.9 Å². The molecule has 0 bridgehead atoms. The average molecular weight is 324 g/mol. The molecule has 2 rings (SSSR count). The van der Waals surface area contributed by atoms with Gasteiger partial charge in [0, 0.05) is 12.2 Å². The first-order chi connectivity index (χ1) is 11.4. The fraction of sp³-hybridized carbons (Fsp3) is 0.381. The Balaban J connectivity index is 2.02. The van der Waals surface area contributed by atoms with Crippen LogP contribution in [0.3, 0.4) is 0 Å². The van der Waals surface area contributed by atoms with Gasteiger partial charge in [0.2, 0.25) is 5.91 Å². The van der Waals surface area contributed by atoms with E-state index < -0.39 is 0 Å². The minimum Gasteiger partial charge on any atom is -0.324 e. The fourth-order valence-electron chi connectivity index (χ4n) is 2.67. The summed E-state index contributed by atoms with van der Waals surface area (Å²) in [6, 6.07) is 16.3. The van der Waals surface area contributed by atoms with Gasteiger partial charge >= 0.3 is 0 Å². The summed E-state index contributed by atoms with van der Waals surface area (Å²) in [5, 5.41) is 3.09. The number of nitrogens with zero attached hydrogens (tertiary/aromatic N) is 1. The number of carbonyl (C=O) groups is 1. The topological polar surface area (TPSA) is 32.3 Å². The van der Waals surface area contributed by atoms with Crippen molar-refractivity contribution in [1.82, 2.24) is 4.90 Å². The predicted octanol–water partition coefficient (Wildman–Crippen LogP) is 4.58. The second-order valence-corrected chi connectivity index (χ2v) is 6.81. The molecule has 0 aromatic heterocycles. The zero-order valence-electron chi connectivity index (χ0n) is 15.3. The summed E-state index contributed by atoms with van der Waals surface area (Å²) in [4.78, 5) is 14.7. The smallest absolute Gasteiger partial charge is 0.241 e. The van der Waals surface area contributed by atoms with Crippen LogP contribution in [0.1, 0.15) is 43.4 Å². The van der Waals surface area contributed by atoms with Crippen molar-refractivity contribution < 1.29 is 4.79 Å². The minimum atomic E-state index is -0.202. The van der Waals surface area contributed by atoms with Crippen molar-refractivity contribution in [3.8, 4) is 0 Å². The zero-order valence-corrected chi connectivity index (χ0v) is 15.3. The fourth-order valence-corrected chi connectivity index (χ4v) is 2.67. The van der Waals surface area contributed by atoms with Gasteiger partial charge in [-0.25, -0.2) is 0 Å². The Bertz CT molecular complexity index is 676. The number of carbonyl (C=O) groups excluding carboxylic acids is 1. The highest BCUT2D eigenvalue weighted by atomic mass is 16.2. The predicted molar refractivity (Wildman–Crippen MR) is 101 cm³/mol. The SMILES string of the molecule is Cc1ccc(CN(C)[C@H](C)C(=O)Nc2ccccc2C(C)C)cc1. The van der Waals surface area contributed by atoms with Crippen LogP contribution in [0.5, 0.6) is 0 Å². The maximum atomic E-state index is 12.6. The Labute approximate surface area is 145 Å². The maximum Gasteiger partial charge on any atom is 0.241 e. The van der Waals surface area contributed by atoms with Crippen molar-refractivity contribution in [1.29, 1.82) is 0 Å². The van der Waals surface area contributed by atoms with Crippen LogP contribution in [0.2, 0.25) is 0 Å². The number of aryl methyl sites for hydroxylation is 1. The van der Waals surface area contributed by atoms with E-state index in [0.29, 0.717) is 5.92 Å². The summed E-state index contributed by atoms with van der Waals surface area (Å²) >= 11 is 0. The molecule has 128 valence electrons. The van der Waals surface area contributed by atoms with Crippen molar-refractivity contribution >= 4 is 11.6 Å². The molecule has 1 amide bonds. The first kappa shape index (κ1) is 18.2. The Morgan fingerprint density at radius 1 is 1.04 bits per heavy atom. The zero-order chi connectivity index (χ0) is 17.7. The molecule has 1 atom stereocenters. The number of hydrogen-bond donors (Lipinski definition) is 1. The lowest BCUT2D eigenvalue weighted by molar-refractivity contribution is -0.120. The molecule has 0 aliphatic carbocycles. The molecule has 0 saturated carbocycles. The number of benzene rings is 2. The van der Waals surface area contributed by atoms with Gasteiger partial charge in [-0.2, -0.15) is 0 Å². The third-order valence-electron chi connectivity index (χ3n) is 4.43. The second-order valence-electron chi connectivity index (χ2n) is 6.81. The van der Waals surface area contributed by atoms with Gasteiger partial charge < -0.3 is 5.32 Å². The number of amides is 1. The van der Waals surface area contributed by atoms with E-state index in [2.05, 4.69) is 61.3 Å². The van der Waals surface area contributed by atoms with Crippen LogP contribution in [-0.2, 0) is 11.3 Å². The molecule has 0 heterocycles. The third kappa shape index (κ3) is 4.68. The Kier molecular flexibility index (Phi) is 6.16. The van der Waals surface area contributed by atoms with E-state index in [1.807, 2.05) is 32.2 Å². The number of para-hydroxylation sites is 1. The van der Waals surface area contributed by atoms with Crippen LogP contribution < -0.4 is 5.32 Å². The van der Waals surface area contributed by atoms with Gasteiger partial charge in [0.25, 0.3) is 0 Å². The van der Waals surface area contributed by atoms with E-state index in [1.165, 1.54) is 16.7 Å². The standard InChI is InChI=1S/C21H28N2O/c1-15(2)19-8-6-7-9-20(19)22-21(24)17(4)23(5)14-18-12-10-16(3)11-13-18/h6-13,15,17H,14H2,1-5H3,(H,22,24)/t17-/m1/s1. The van der Waals surface area contributed by atoms with Crippen LogP contribution >= 0.6 is 0 Å². The summed E-state index contributed by atoms with van der Waals surface area (Å²) in [5.41, 5.74) is 4.54. The number of anilines is 1. The molecule has 0 fully saturated rings. The molecule has 0 unspecified atom stereocenters. The van der Waals surface area contributed by atoms with Gasteiger partial charge in [-0.3, -0.25) is 9.69 Å². The molecular formula is C21H28N2O. The van der Waals surface area contributed by atoms with Crippen LogP contribution in [0.4, 0.5) is 5.69 Å². The van der Waals surface area contributed by atoms with E-state index in [0.717, 1.165) is 12.2 Å². The second kappa shape index (κ2) is 8.11. The normalized spacial score (nSPS) is 12.5. The first-order valence-corrected chi connectivity index (χ1v) is 8.54. The van der Waals surface area contributed by atoms with Gasteiger partial charge in [0.05, 0.1) is 6.04 Å². The summed E-state index contributed by atoms with van der Waals surface area (Å²) in [6.45, 7) is 9.05. The Hall–Kier alpha value is -2.13. The first-order valence-electron chi connectivity index (χ1n) is 8.54. The van der Waals surface area contributed by atoms with E-state index in [4.69, 9.17) is 0 Å². The summed E-state index contributed by atoms with van der Waals surface area (Å²) in [7, 11) is 1.98. The molecule has 2 aromatic carbocycles. The molecule has 0 spiro atoms. The van der Waals surface area contributed by atoms with Crippen LogP contribution in [0.25, 0.3) is 0 Å². The van der Waals surface area contributed by atoms with E-state index in [9.17, 15) is 4.79 Å². The number of hydrogen-bond acceptors (Lipinski definition) is 2. The largest absolute Gasteiger partial charge is 0.324 e. The molecule has 2 aromatic rings. The van der Waals surface area contributed by atoms with Crippen molar-refractivity contribution in [3.05, 3.63) is 65.2 Å². The Morgan fingerprint density at radius 2 is 1.67 bits per heavy atom. The summed E-state index contributed by atoms with van der Waals surface area (Å²) in [6.07, 6.45) is 0. The molecule has 0 saturated heterocycles. The highest BCUT2D eigenvalue weighted by Crippen LogP contribution is 2.24. The highest BCUT2D eigenvalue weighted by Gasteiger charge is 2.19. The minimum absolute atomic E-state index is 0.0257.